The summed E-state index contributed by atoms with van der Waals surface area (Å²) in [6.45, 7) is -0.370. The molecule has 0 bridgehead atoms. The molecule has 0 saturated heterocycles. The second-order valence-corrected chi connectivity index (χ2v) is 2.46. The van der Waals surface area contributed by atoms with Crippen LogP contribution >= 0.6 is 0 Å². The lowest BCUT2D eigenvalue weighted by Crippen LogP contribution is -1.88. The molecule has 1 aromatic rings. The van der Waals surface area contributed by atoms with E-state index in [0.29, 0.717) is 5.56 Å². The van der Waals surface area contributed by atoms with Crippen LogP contribution in [0.3, 0.4) is 0 Å². The highest BCUT2D eigenvalue weighted by molar-refractivity contribution is 5.57. The maximum atomic E-state index is 13.0. The lowest BCUT2D eigenvalue weighted by Gasteiger charge is -1.96. The van der Waals surface area contributed by atoms with Crippen LogP contribution in [0.5, 0.6) is 0 Å². The Morgan fingerprint density at radius 2 is 2.23 bits per heavy atom. The van der Waals surface area contributed by atoms with Crippen molar-refractivity contribution in [2.45, 2.75) is 0 Å². The fourth-order valence-corrected chi connectivity index (χ4v) is 0.893. The normalized spacial score (nSPS) is 11.0. The first kappa shape index (κ1) is 9.43. The molecular weight excluding hydrogens is 169 g/mol. The van der Waals surface area contributed by atoms with Crippen LogP contribution < -0.4 is 0 Å². The van der Waals surface area contributed by atoms with E-state index in [1.165, 1.54) is 12.1 Å². The van der Waals surface area contributed by atoms with Gasteiger partial charge in [0, 0.05) is 5.56 Å². The van der Waals surface area contributed by atoms with E-state index < -0.39 is 5.82 Å². The largest absolute Gasteiger partial charge is 0.391 e. The second kappa shape index (κ2) is 4.39. The third kappa shape index (κ3) is 2.39. The van der Waals surface area contributed by atoms with Gasteiger partial charge in [-0.2, -0.15) is 5.26 Å². The number of nitrogens with zero attached hydrogens (tertiary/aromatic N) is 1. The second-order valence-electron chi connectivity index (χ2n) is 2.46. The third-order valence-corrected chi connectivity index (χ3v) is 1.55. The Morgan fingerprint density at radius 3 is 2.77 bits per heavy atom. The van der Waals surface area contributed by atoms with Gasteiger partial charge in [0.1, 0.15) is 5.82 Å². The number of aliphatic hydroxyl groups is 1. The van der Waals surface area contributed by atoms with E-state index >= 15 is 0 Å². The van der Waals surface area contributed by atoms with Gasteiger partial charge in [0.2, 0.25) is 0 Å². The van der Waals surface area contributed by atoms with Gasteiger partial charge < -0.3 is 5.11 Å². The molecule has 2 nitrogen and oxygen atoms in total. The van der Waals surface area contributed by atoms with E-state index in [2.05, 4.69) is 0 Å². The lowest BCUT2D eigenvalue weighted by molar-refractivity contribution is 0.336. The zero-order chi connectivity index (χ0) is 9.68. The molecular formula is C10H8FNO. The molecule has 13 heavy (non-hydrogen) atoms. The smallest absolute Gasteiger partial charge is 0.130 e. The summed E-state index contributed by atoms with van der Waals surface area (Å²) in [5.41, 5.74) is 0.457. The van der Waals surface area contributed by atoms with E-state index in [1.807, 2.05) is 0 Å². The Kier molecular flexibility index (Phi) is 3.18. The number of hydrogen-bond acceptors (Lipinski definition) is 2. The third-order valence-electron chi connectivity index (χ3n) is 1.55. The zero-order valence-corrected chi connectivity index (χ0v) is 6.87. The van der Waals surface area contributed by atoms with Gasteiger partial charge in [-0.05, 0) is 12.1 Å². The minimum Gasteiger partial charge on any atom is -0.391 e. The van der Waals surface area contributed by atoms with Crippen LogP contribution in [0.4, 0.5) is 4.39 Å². The Morgan fingerprint density at radius 1 is 1.54 bits per heavy atom. The van der Waals surface area contributed by atoms with Crippen LogP contribution in [0.15, 0.2) is 29.8 Å². The summed E-state index contributed by atoms with van der Waals surface area (Å²) in [4.78, 5) is 0. The van der Waals surface area contributed by atoms with Gasteiger partial charge in [0.05, 0.1) is 18.2 Å². The zero-order valence-electron chi connectivity index (χ0n) is 6.87. The first-order chi connectivity index (χ1) is 6.27. The van der Waals surface area contributed by atoms with Crippen molar-refractivity contribution >= 4 is 6.08 Å². The van der Waals surface area contributed by atoms with Gasteiger partial charge in [-0.25, -0.2) is 4.39 Å². The molecule has 3 heteroatoms. The van der Waals surface area contributed by atoms with Crippen LogP contribution in [0.25, 0.3) is 6.08 Å². The summed E-state index contributed by atoms with van der Waals surface area (Å²) in [6.07, 6.45) is 1.33. The Bertz CT molecular complexity index is 365. The maximum absolute atomic E-state index is 13.0. The van der Waals surface area contributed by atoms with Crippen molar-refractivity contribution in [2.24, 2.45) is 0 Å². The van der Waals surface area contributed by atoms with Crippen molar-refractivity contribution < 1.29 is 9.50 Å². The highest BCUT2D eigenvalue weighted by Crippen LogP contribution is 2.10. The minimum atomic E-state index is -0.399. The molecule has 1 aromatic carbocycles. The summed E-state index contributed by atoms with van der Waals surface area (Å²) in [7, 11) is 0. The summed E-state index contributed by atoms with van der Waals surface area (Å²) < 4.78 is 13.0. The molecule has 0 aromatic heterocycles. The maximum Gasteiger partial charge on any atom is 0.130 e. The Labute approximate surface area is 75.6 Å². The molecule has 0 unspecified atom stereocenters. The van der Waals surface area contributed by atoms with E-state index in [1.54, 1.807) is 24.3 Å². The average Bonchev–Trinajstić information content (AvgIpc) is 2.17. The van der Waals surface area contributed by atoms with Crippen LogP contribution in [0.1, 0.15) is 5.56 Å². The molecule has 1 rings (SSSR count). The molecule has 0 fully saturated rings. The Hall–Kier alpha value is -1.66. The van der Waals surface area contributed by atoms with Crippen LogP contribution in [-0.2, 0) is 0 Å². The van der Waals surface area contributed by atoms with Crippen molar-refractivity contribution in [2.75, 3.05) is 6.61 Å². The number of hydrogen-bond donors (Lipinski definition) is 1. The SMILES string of the molecule is N#C/C(=C/c1ccccc1F)CO. The van der Waals surface area contributed by atoms with Crippen molar-refractivity contribution in [1.29, 1.82) is 5.26 Å². The van der Waals surface area contributed by atoms with Gasteiger partial charge in [-0.1, -0.05) is 18.2 Å². The molecule has 0 aliphatic carbocycles. The number of nitriles is 1. The molecule has 0 aliphatic heterocycles. The molecule has 0 aliphatic rings. The first-order valence-electron chi connectivity index (χ1n) is 3.74. The van der Waals surface area contributed by atoms with Gasteiger partial charge in [-0.15, -0.1) is 0 Å². The van der Waals surface area contributed by atoms with E-state index in [0.717, 1.165) is 0 Å². The van der Waals surface area contributed by atoms with Crippen molar-refractivity contribution in [3.05, 3.63) is 41.2 Å². The summed E-state index contributed by atoms with van der Waals surface area (Å²) in [5.74, 6) is -0.399. The van der Waals surface area contributed by atoms with Gasteiger partial charge >= 0.3 is 0 Å². The molecule has 66 valence electrons. The van der Waals surface area contributed by atoms with Crippen molar-refractivity contribution in [3.63, 3.8) is 0 Å². The van der Waals surface area contributed by atoms with Gasteiger partial charge in [-0.3, -0.25) is 0 Å². The number of rotatable bonds is 2. The molecule has 1 N–H and O–H groups in total. The predicted molar refractivity (Wildman–Crippen MR) is 47.1 cm³/mol. The highest BCUT2D eigenvalue weighted by Gasteiger charge is 1.98. The molecule has 0 saturated carbocycles. The lowest BCUT2D eigenvalue weighted by atomic mass is 10.1. The number of benzene rings is 1. The van der Waals surface area contributed by atoms with Crippen molar-refractivity contribution in [3.8, 4) is 6.07 Å². The van der Waals surface area contributed by atoms with E-state index in [9.17, 15) is 4.39 Å². The molecule has 0 spiro atoms. The average molecular weight is 177 g/mol. The highest BCUT2D eigenvalue weighted by atomic mass is 19.1. The topological polar surface area (TPSA) is 44.0 Å². The van der Waals surface area contributed by atoms with Crippen LogP contribution in [-0.4, -0.2) is 11.7 Å². The monoisotopic (exact) mass is 177 g/mol. The number of halogens is 1. The molecule has 0 atom stereocenters. The van der Waals surface area contributed by atoms with E-state index in [-0.39, 0.29) is 12.2 Å². The van der Waals surface area contributed by atoms with Crippen LogP contribution in [0.2, 0.25) is 0 Å². The predicted octanol–water partition coefficient (Wildman–Crippen LogP) is 1.72. The molecule has 0 radical (unpaired) electrons. The molecule has 0 heterocycles. The standard InChI is InChI=1S/C10H8FNO/c11-10-4-2-1-3-9(10)5-8(6-12)7-13/h1-5,13H,7H2/b8-5-. The number of aliphatic hydroxyl groups excluding tert-OH is 1. The summed E-state index contributed by atoms with van der Waals surface area (Å²) in [5, 5.41) is 17.1. The quantitative estimate of drug-likeness (QED) is 0.699. The van der Waals surface area contributed by atoms with Crippen molar-refractivity contribution in [1.82, 2.24) is 0 Å². The van der Waals surface area contributed by atoms with Gasteiger partial charge in [0.25, 0.3) is 0 Å². The van der Waals surface area contributed by atoms with Crippen LogP contribution in [0, 0.1) is 17.1 Å². The van der Waals surface area contributed by atoms with Gasteiger partial charge in [0.15, 0.2) is 0 Å². The fourth-order valence-electron chi connectivity index (χ4n) is 0.893. The fraction of sp³-hybridized carbons (Fsp3) is 0.100. The first-order valence-corrected chi connectivity index (χ1v) is 3.74. The Balaban J connectivity index is 3.04. The summed E-state index contributed by atoms with van der Waals surface area (Å²) >= 11 is 0. The van der Waals surface area contributed by atoms with E-state index in [4.69, 9.17) is 10.4 Å². The molecule has 0 amide bonds. The summed E-state index contributed by atoms with van der Waals surface area (Å²) in [6, 6.07) is 7.85. The minimum absolute atomic E-state index is 0.144.